The minimum atomic E-state index is -3.66. The van der Waals surface area contributed by atoms with Crippen molar-refractivity contribution < 1.29 is 17.9 Å². The lowest BCUT2D eigenvalue weighted by molar-refractivity contribution is 0.0785. The van der Waals surface area contributed by atoms with Crippen LogP contribution in [-0.2, 0) is 21.3 Å². The molecule has 1 amide bonds. The molecular weight excluding hydrogens is 352 g/mol. The van der Waals surface area contributed by atoms with Crippen molar-refractivity contribution in [2.24, 2.45) is 0 Å². The first-order valence-corrected chi connectivity index (χ1v) is 9.80. The molecule has 2 aromatic rings. The smallest absolute Gasteiger partial charge is 0.253 e. The molecule has 0 aliphatic heterocycles. The zero-order valence-electron chi connectivity index (χ0n) is 15.0. The third-order valence-corrected chi connectivity index (χ3v) is 5.28. The second-order valence-electron chi connectivity index (χ2n) is 5.92. The van der Waals surface area contributed by atoms with Crippen LogP contribution in [0.25, 0.3) is 0 Å². The van der Waals surface area contributed by atoms with Crippen molar-refractivity contribution in [1.82, 2.24) is 9.62 Å². The van der Waals surface area contributed by atoms with Crippen molar-refractivity contribution >= 4 is 15.9 Å². The van der Waals surface area contributed by atoms with E-state index in [0.717, 1.165) is 5.56 Å². The van der Waals surface area contributed by atoms with E-state index in [-0.39, 0.29) is 17.3 Å². The number of carbonyl (C=O) groups is 1. The van der Waals surface area contributed by atoms with Gasteiger partial charge in [0.05, 0.1) is 4.90 Å². The second kappa shape index (κ2) is 9.47. The van der Waals surface area contributed by atoms with E-state index in [1.165, 1.54) is 12.1 Å². The average molecular weight is 376 g/mol. The number of methoxy groups -OCH3 is 1. The minimum absolute atomic E-state index is 0.0777. The van der Waals surface area contributed by atoms with Gasteiger partial charge >= 0.3 is 0 Å². The number of nitrogens with zero attached hydrogens (tertiary/aromatic N) is 1. The molecular formula is C19H24N2O4S. The number of rotatable bonds is 9. The zero-order valence-corrected chi connectivity index (χ0v) is 15.8. The van der Waals surface area contributed by atoms with E-state index in [1.54, 1.807) is 31.2 Å². The Morgan fingerprint density at radius 1 is 1.12 bits per heavy atom. The van der Waals surface area contributed by atoms with E-state index in [9.17, 15) is 13.2 Å². The van der Waals surface area contributed by atoms with Crippen LogP contribution >= 0.6 is 0 Å². The standard InChI is InChI=1S/C19H24N2O4S/c1-21(15-16-8-4-3-5-9-16)19(22)17-10-6-11-18(14-17)26(23,24)20-12-7-13-25-2/h3-6,8-11,14,20H,7,12-13,15H2,1-2H3. The molecule has 140 valence electrons. The van der Waals surface area contributed by atoms with E-state index in [2.05, 4.69) is 4.72 Å². The fourth-order valence-corrected chi connectivity index (χ4v) is 3.57. The molecule has 0 heterocycles. The summed E-state index contributed by atoms with van der Waals surface area (Å²) < 4.78 is 32.1. The molecule has 0 saturated carbocycles. The van der Waals surface area contributed by atoms with Crippen LogP contribution in [0, 0.1) is 0 Å². The zero-order chi connectivity index (χ0) is 19.0. The quantitative estimate of drug-likeness (QED) is 0.681. The summed E-state index contributed by atoms with van der Waals surface area (Å²) in [5.74, 6) is -0.231. The van der Waals surface area contributed by atoms with Gasteiger partial charge in [-0.3, -0.25) is 4.79 Å². The molecule has 0 radical (unpaired) electrons. The molecule has 0 aliphatic carbocycles. The Labute approximate surface area is 154 Å². The molecule has 2 aromatic carbocycles. The third-order valence-electron chi connectivity index (χ3n) is 3.82. The highest BCUT2D eigenvalue weighted by Crippen LogP contribution is 2.14. The van der Waals surface area contributed by atoms with E-state index in [0.29, 0.717) is 25.1 Å². The maximum atomic E-state index is 12.6. The van der Waals surface area contributed by atoms with Gasteiger partial charge in [-0.15, -0.1) is 0 Å². The average Bonchev–Trinajstić information content (AvgIpc) is 2.65. The predicted octanol–water partition coefficient (Wildman–Crippen LogP) is 2.27. The Morgan fingerprint density at radius 2 is 1.85 bits per heavy atom. The van der Waals surface area contributed by atoms with Gasteiger partial charge < -0.3 is 9.64 Å². The second-order valence-corrected chi connectivity index (χ2v) is 7.69. The van der Waals surface area contributed by atoms with E-state index in [4.69, 9.17) is 4.74 Å². The summed E-state index contributed by atoms with van der Waals surface area (Å²) in [6, 6.07) is 15.7. The Kier molecular flexibility index (Phi) is 7.32. The van der Waals surface area contributed by atoms with Crippen LogP contribution in [-0.4, -0.2) is 46.5 Å². The van der Waals surface area contributed by atoms with Gasteiger partial charge in [0.25, 0.3) is 5.91 Å². The Morgan fingerprint density at radius 3 is 2.54 bits per heavy atom. The lowest BCUT2D eigenvalue weighted by Crippen LogP contribution is -2.28. The number of hydrogen-bond acceptors (Lipinski definition) is 4. The number of carbonyl (C=O) groups excluding carboxylic acids is 1. The van der Waals surface area contributed by atoms with Gasteiger partial charge in [0.2, 0.25) is 10.0 Å². The van der Waals surface area contributed by atoms with E-state index >= 15 is 0 Å². The molecule has 0 saturated heterocycles. The number of hydrogen-bond donors (Lipinski definition) is 1. The van der Waals surface area contributed by atoms with Crippen LogP contribution in [0.15, 0.2) is 59.5 Å². The first kappa shape index (κ1) is 20.1. The summed E-state index contributed by atoms with van der Waals surface area (Å²) in [4.78, 5) is 14.3. The molecule has 0 aromatic heterocycles. The van der Waals surface area contributed by atoms with Crippen molar-refractivity contribution in [3.63, 3.8) is 0 Å². The molecule has 26 heavy (non-hydrogen) atoms. The number of benzene rings is 2. The van der Waals surface area contributed by atoms with Crippen LogP contribution < -0.4 is 4.72 Å². The summed E-state index contributed by atoms with van der Waals surface area (Å²) >= 11 is 0. The first-order valence-electron chi connectivity index (χ1n) is 8.32. The lowest BCUT2D eigenvalue weighted by Gasteiger charge is -2.18. The van der Waals surface area contributed by atoms with Gasteiger partial charge in [0.15, 0.2) is 0 Å². The normalized spacial score (nSPS) is 11.3. The third kappa shape index (κ3) is 5.66. The van der Waals surface area contributed by atoms with Gasteiger partial charge in [-0.1, -0.05) is 36.4 Å². The molecule has 7 heteroatoms. The number of nitrogens with one attached hydrogen (secondary N) is 1. The van der Waals surface area contributed by atoms with Gasteiger partial charge in [0.1, 0.15) is 0 Å². The van der Waals surface area contributed by atoms with Crippen LogP contribution in [0.3, 0.4) is 0 Å². The summed E-state index contributed by atoms with van der Waals surface area (Å²) in [6.45, 7) is 1.21. The highest BCUT2D eigenvalue weighted by molar-refractivity contribution is 7.89. The highest BCUT2D eigenvalue weighted by Gasteiger charge is 2.17. The topological polar surface area (TPSA) is 75.7 Å². The largest absolute Gasteiger partial charge is 0.385 e. The minimum Gasteiger partial charge on any atom is -0.385 e. The monoisotopic (exact) mass is 376 g/mol. The first-order chi connectivity index (χ1) is 12.4. The number of sulfonamides is 1. The summed E-state index contributed by atoms with van der Waals surface area (Å²) in [5.41, 5.74) is 1.34. The Balaban J connectivity index is 2.08. The molecule has 0 spiro atoms. The van der Waals surface area contributed by atoms with Crippen molar-refractivity contribution in [2.75, 3.05) is 27.3 Å². The number of ether oxygens (including phenoxy) is 1. The molecule has 6 nitrogen and oxygen atoms in total. The molecule has 2 rings (SSSR count). The van der Waals surface area contributed by atoms with Crippen LogP contribution in [0.4, 0.5) is 0 Å². The van der Waals surface area contributed by atoms with Crippen molar-refractivity contribution in [3.8, 4) is 0 Å². The molecule has 1 N–H and O–H groups in total. The SMILES string of the molecule is COCCCNS(=O)(=O)c1cccc(C(=O)N(C)Cc2ccccc2)c1. The maximum Gasteiger partial charge on any atom is 0.253 e. The van der Waals surface area contributed by atoms with Crippen molar-refractivity contribution in [1.29, 1.82) is 0 Å². The molecule has 0 unspecified atom stereocenters. The van der Waals surface area contributed by atoms with Crippen molar-refractivity contribution in [3.05, 3.63) is 65.7 Å². The Hall–Kier alpha value is -2.22. The lowest BCUT2D eigenvalue weighted by atomic mass is 10.1. The summed E-state index contributed by atoms with van der Waals surface area (Å²) in [7, 11) is -0.399. The van der Waals surface area contributed by atoms with Crippen LogP contribution in [0.2, 0.25) is 0 Å². The highest BCUT2D eigenvalue weighted by atomic mass is 32.2. The fourth-order valence-electron chi connectivity index (χ4n) is 2.45. The molecule has 0 aliphatic rings. The van der Waals surface area contributed by atoms with E-state index < -0.39 is 10.0 Å². The predicted molar refractivity (Wildman–Crippen MR) is 100 cm³/mol. The fraction of sp³-hybridized carbons (Fsp3) is 0.316. The summed E-state index contributed by atoms with van der Waals surface area (Å²) in [6.07, 6.45) is 0.578. The van der Waals surface area contributed by atoms with Gasteiger partial charge in [-0.25, -0.2) is 13.1 Å². The van der Waals surface area contributed by atoms with Gasteiger partial charge in [-0.05, 0) is 30.2 Å². The van der Waals surface area contributed by atoms with Gasteiger partial charge in [0, 0.05) is 39.4 Å². The van der Waals surface area contributed by atoms with Crippen LogP contribution in [0.5, 0.6) is 0 Å². The van der Waals surface area contributed by atoms with Crippen LogP contribution in [0.1, 0.15) is 22.3 Å². The van der Waals surface area contributed by atoms with Crippen molar-refractivity contribution in [2.45, 2.75) is 17.9 Å². The van der Waals surface area contributed by atoms with E-state index in [1.807, 2.05) is 30.3 Å². The summed E-state index contributed by atoms with van der Waals surface area (Å²) in [5, 5.41) is 0. The Bertz CT molecular complexity index is 822. The molecule has 0 atom stereocenters. The number of amides is 1. The van der Waals surface area contributed by atoms with Gasteiger partial charge in [-0.2, -0.15) is 0 Å². The maximum absolute atomic E-state index is 12.6. The molecule has 0 fully saturated rings. The molecule has 0 bridgehead atoms.